The Morgan fingerprint density at radius 3 is 2.60 bits per heavy atom. The van der Waals surface area contributed by atoms with Crippen molar-refractivity contribution in [2.45, 2.75) is 18.2 Å². The number of rotatable bonds is 2. The summed E-state index contributed by atoms with van der Waals surface area (Å²) < 4.78 is 15.0. The molecule has 0 amide bonds. The third kappa shape index (κ3) is 3.08. The first-order valence-electron chi connectivity index (χ1n) is 5.08. The van der Waals surface area contributed by atoms with Gasteiger partial charge in [0.2, 0.25) is 0 Å². The predicted octanol–water partition coefficient (Wildman–Crippen LogP) is 3.48. The highest BCUT2D eigenvalue weighted by molar-refractivity contribution is 7.97. The van der Waals surface area contributed by atoms with Crippen LogP contribution < -0.4 is 0 Å². The molecule has 0 bridgehead atoms. The molecule has 1 aliphatic heterocycles. The van der Waals surface area contributed by atoms with Crippen LogP contribution in [-0.2, 0) is 0 Å². The van der Waals surface area contributed by atoms with Crippen LogP contribution in [0.25, 0.3) is 0 Å². The zero-order valence-corrected chi connectivity index (χ0v) is 9.56. The van der Waals surface area contributed by atoms with Gasteiger partial charge in [0.25, 0.3) is 0 Å². The predicted molar refractivity (Wildman–Crippen MR) is 62.2 cm³/mol. The lowest BCUT2D eigenvalue weighted by atomic mass is 10.1. The van der Waals surface area contributed by atoms with E-state index in [1.807, 2.05) is 12.1 Å². The molecule has 0 unspecified atom stereocenters. The Morgan fingerprint density at radius 1 is 1.27 bits per heavy atom. The molecule has 0 aliphatic carbocycles. The molecule has 3 heteroatoms. The van der Waals surface area contributed by atoms with Crippen molar-refractivity contribution in [1.29, 1.82) is 0 Å². The molecule has 0 radical (unpaired) electrons. The molecule has 0 saturated heterocycles. The second-order valence-corrected chi connectivity index (χ2v) is 4.90. The normalized spacial score (nSPS) is 17.6. The van der Waals surface area contributed by atoms with Crippen LogP contribution in [0.2, 0.25) is 0 Å². The van der Waals surface area contributed by atoms with Gasteiger partial charge in [-0.05, 0) is 49.6 Å². The van der Waals surface area contributed by atoms with E-state index >= 15 is 0 Å². The van der Waals surface area contributed by atoms with Gasteiger partial charge in [-0.25, -0.2) is 8.70 Å². The van der Waals surface area contributed by atoms with E-state index < -0.39 is 0 Å². The van der Waals surface area contributed by atoms with Crippen molar-refractivity contribution in [2.24, 2.45) is 0 Å². The second-order valence-electron chi connectivity index (χ2n) is 3.73. The van der Waals surface area contributed by atoms with Crippen LogP contribution in [0.5, 0.6) is 0 Å². The first-order chi connectivity index (χ1) is 7.24. The summed E-state index contributed by atoms with van der Waals surface area (Å²) in [5.41, 5.74) is 1.46. The van der Waals surface area contributed by atoms with E-state index in [0.717, 1.165) is 24.4 Å². The lowest BCUT2D eigenvalue weighted by Crippen LogP contribution is -2.21. The highest BCUT2D eigenvalue weighted by Gasteiger charge is 2.10. The fraction of sp³-hybridized carbons (Fsp3) is 0.333. The van der Waals surface area contributed by atoms with E-state index in [9.17, 15) is 4.39 Å². The Labute approximate surface area is 94.1 Å². The van der Waals surface area contributed by atoms with E-state index in [4.69, 9.17) is 0 Å². The molecule has 1 nitrogen and oxygen atoms in total. The smallest absolute Gasteiger partial charge is 0.123 e. The van der Waals surface area contributed by atoms with Gasteiger partial charge >= 0.3 is 0 Å². The van der Waals surface area contributed by atoms with E-state index in [1.165, 1.54) is 17.7 Å². The molecule has 80 valence electrons. The Kier molecular flexibility index (Phi) is 3.44. The van der Waals surface area contributed by atoms with Crippen LogP contribution >= 0.6 is 11.9 Å². The van der Waals surface area contributed by atoms with Gasteiger partial charge < -0.3 is 0 Å². The molecule has 0 spiro atoms. The van der Waals surface area contributed by atoms with Gasteiger partial charge in [0.1, 0.15) is 5.82 Å². The maximum absolute atomic E-state index is 12.7. The Hall–Kier alpha value is -0.800. The molecule has 0 N–H and O–H groups in total. The van der Waals surface area contributed by atoms with Crippen LogP contribution in [0.3, 0.4) is 0 Å². The van der Waals surface area contributed by atoms with E-state index in [-0.39, 0.29) is 5.82 Å². The number of hydrogen-bond acceptors (Lipinski definition) is 2. The minimum atomic E-state index is -0.172. The zero-order chi connectivity index (χ0) is 10.7. The zero-order valence-electron chi connectivity index (χ0n) is 8.74. The van der Waals surface area contributed by atoms with Crippen molar-refractivity contribution in [1.82, 2.24) is 4.31 Å². The van der Waals surface area contributed by atoms with Gasteiger partial charge in [-0.3, -0.25) is 0 Å². The molecule has 0 atom stereocenters. The quantitative estimate of drug-likeness (QED) is 0.558. The molecule has 1 aromatic rings. The van der Waals surface area contributed by atoms with E-state index in [1.54, 1.807) is 11.9 Å². The lowest BCUT2D eigenvalue weighted by molar-refractivity contribution is 0.499. The van der Waals surface area contributed by atoms with E-state index in [2.05, 4.69) is 17.3 Å². The average Bonchev–Trinajstić information content (AvgIpc) is 2.25. The van der Waals surface area contributed by atoms with Gasteiger partial charge in [-0.15, -0.1) is 0 Å². The van der Waals surface area contributed by atoms with Crippen LogP contribution in [0.1, 0.15) is 13.3 Å². The summed E-state index contributed by atoms with van der Waals surface area (Å²) in [5, 5.41) is 0. The van der Waals surface area contributed by atoms with Gasteiger partial charge in [0, 0.05) is 18.0 Å². The summed E-state index contributed by atoms with van der Waals surface area (Å²) in [4.78, 5) is 1.10. The van der Waals surface area contributed by atoms with Crippen molar-refractivity contribution in [3.63, 3.8) is 0 Å². The monoisotopic (exact) mass is 223 g/mol. The van der Waals surface area contributed by atoms with Crippen molar-refractivity contribution >= 4 is 11.9 Å². The maximum Gasteiger partial charge on any atom is 0.123 e. The van der Waals surface area contributed by atoms with Crippen LogP contribution in [0, 0.1) is 5.82 Å². The fourth-order valence-corrected chi connectivity index (χ4v) is 2.37. The summed E-state index contributed by atoms with van der Waals surface area (Å²) >= 11 is 1.70. The Bertz CT molecular complexity index is 358. The number of hydrogen-bond donors (Lipinski definition) is 0. The van der Waals surface area contributed by atoms with Crippen molar-refractivity contribution < 1.29 is 4.39 Å². The number of nitrogens with zero attached hydrogens (tertiary/aromatic N) is 1. The molecule has 1 heterocycles. The summed E-state index contributed by atoms with van der Waals surface area (Å²) in [7, 11) is 0. The molecular formula is C12H14FNS. The molecule has 2 rings (SSSR count). The topological polar surface area (TPSA) is 3.24 Å². The molecule has 0 fully saturated rings. The van der Waals surface area contributed by atoms with Crippen molar-refractivity contribution in [2.75, 3.05) is 13.1 Å². The highest BCUT2D eigenvalue weighted by atomic mass is 32.2. The van der Waals surface area contributed by atoms with Gasteiger partial charge in [-0.2, -0.15) is 0 Å². The number of benzene rings is 1. The summed E-state index contributed by atoms with van der Waals surface area (Å²) in [6, 6.07) is 6.66. The first-order valence-corrected chi connectivity index (χ1v) is 5.85. The minimum absolute atomic E-state index is 0.172. The summed E-state index contributed by atoms with van der Waals surface area (Å²) in [6.45, 7) is 4.22. The standard InChI is InChI=1S/C12H14FNS/c1-10-6-8-14(9-7-10)15-12-4-2-11(13)3-5-12/h2-6H,7-9H2,1H3. The summed E-state index contributed by atoms with van der Waals surface area (Å²) in [5.74, 6) is -0.172. The highest BCUT2D eigenvalue weighted by Crippen LogP contribution is 2.25. The van der Waals surface area contributed by atoms with Gasteiger partial charge in [-0.1, -0.05) is 11.6 Å². The van der Waals surface area contributed by atoms with Gasteiger partial charge in [0.05, 0.1) is 0 Å². The molecule has 15 heavy (non-hydrogen) atoms. The molecule has 0 aromatic heterocycles. The van der Waals surface area contributed by atoms with Crippen LogP contribution in [0.15, 0.2) is 40.8 Å². The largest absolute Gasteiger partial charge is 0.242 e. The summed E-state index contributed by atoms with van der Waals surface area (Å²) in [6.07, 6.45) is 3.38. The SMILES string of the molecule is CC1=CCN(Sc2ccc(F)cc2)CC1. The minimum Gasteiger partial charge on any atom is -0.242 e. The van der Waals surface area contributed by atoms with Crippen molar-refractivity contribution in [3.8, 4) is 0 Å². The Balaban J connectivity index is 1.95. The maximum atomic E-state index is 12.7. The molecule has 1 aromatic carbocycles. The fourth-order valence-electron chi connectivity index (χ4n) is 1.48. The third-order valence-corrected chi connectivity index (χ3v) is 3.52. The third-order valence-electron chi connectivity index (χ3n) is 2.45. The van der Waals surface area contributed by atoms with Crippen LogP contribution in [-0.4, -0.2) is 17.4 Å². The lowest BCUT2D eigenvalue weighted by Gasteiger charge is -2.23. The first kappa shape index (κ1) is 10.7. The van der Waals surface area contributed by atoms with Crippen LogP contribution in [0.4, 0.5) is 4.39 Å². The molecular weight excluding hydrogens is 209 g/mol. The van der Waals surface area contributed by atoms with Gasteiger partial charge in [0.15, 0.2) is 0 Å². The molecule has 1 aliphatic rings. The second kappa shape index (κ2) is 4.81. The van der Waals surface area contributed by atoms with Crippen molar-refractivity contribution in [3.05, 3.63) is 41.7 Å². The molecule has 0 saturated carbocycles. The van der Waals surface area contributed by atoms with E-state index in [0.29, 0.717) is 0 Å². The average molecular weight is 223 g/mol. The number of halogens is 1. The Morgan fingerprint density at radius 2 is 2.00 bits per heavy atom.